The van der Waals surface area contributed by atoms with E-state index >= 15 is 0 Å². The van der Waals surface area contributed by atoms with E-state index in [1.807, 2.05) is 20.8 Å². The minimum Gasteiger partial charge on any atom is -0.463 e. The second-order valence-electron chi connectivity index (χ2n) is 4.82. The van der Waals surface area contributed by atoms with Crippen LogP contribution in [0.4, 0.5) is 0 Å². The van der Waals surface area contributed by atoms with Crippen LogP contribution in [-0.2, 0) is 9.53 Å². The van der Waals surface area contributed by atoms with Gasteiger partial charge in [-0.15, -0.1) is 0 Å². The first-order chi connectivity index (χ1) is 5.66. The van der Waals surface area contributed by atoms with Gasteiger partial charge in [0.2, 0.25) is 0 Å². The van der Waals surface area contributed by atoms with Crippen LogP contribution in [0.5, 0.6) is 0 Å². The molecule has 1 heterocycles. The van der Waals surface area contributed by atoms with Gasteiger partial charge in [-0.25, -0.2) is 0 Å². The fourth-order valence-corrected chi connectivity index (χ4v) is 1.45. The van der Waals surface area contributed by atoms with Gasteiger partial charge in [0.05, 0.1) is 0 Å². The normalized spacial score (nSPS) is 22.1. The van der Waals surface area contributed by atoms with E-state index in [4.69, 9.17) is 4.74 Å². The second kappa shape index (κ2) is 2.50. The Morgan fingerprint density at radius 1 is 1.38 bits per heavy atom. The molecule has 0 aromatic heterocycles. The van der Waals surface area contributed by atoms with Gasteiger partial charge >= 0.3 is 0 Å². The van der Waals surface area contributed by atoms with Crippen LogP contribution in [0.1, 0.15) is 34.6 Å². The van der Waals surface area contributed by atoms with E-state index < -0.39 is 5.60 Å². The van der Waals surface area contributed by atoms with Crippen molar-refractivity contribution in [1.29, 1.82) is 0 Å². The summed E-state index contributed by atoms with van der Waals surface area (Å²) in [6, 6.07) is 0. The minimum atomic E-state index is -0.760. The third kappa shape index (κ3) is 1.55. The molecule has 0 atom stereocenters. The summed E-state index contributed by atoms with van der Waals surface area (Å²) in [4.78, 5) is 13.4. The van der Waals surface area contributed by atoms with Crippen molar-refractivity contribution >= 4 is 5.91 Å². The lowest BCUT2D eigenvalue weighted by Crippen LogP contribution is -2.45. The van der Waals surface area contributed by atoms with E-state index in [1.54, 1.807) is 18.7 Å². The molecule has 0 radical (unpaired) electrons. The van der Waals surface area contributed by atoms with E-state index in [0.717, 1.165) is 0 Å². The first-order valence-electron chi connectivity index (χ1n) is 4.39. The molecule has 0 spiro atoms. The third-order valence-corrected chi connectivity index (χ3v) is 2.01. The smallest absolute Gasteiger partial charge is 0.273 e. The van der Waals surface area contributed by atoms with Gasteiger partial charge in [-0.05, 0) is 41.2 Å². The number of ether oxygens (including phenoxy) is 1. The van der Waals surface area contributed by atoms with Crippen LogP contribution in [0, 0.1) is 0 Å². The van der Waals surface area contributed by atoms with Gasteiger partial charge in [0.15, 0.2) is 11.5 Å². The Hall–Kier alpha value is -0.990. The highest BCUT2D eigenvalue weighted by Gasteiger charge is 2.47. The SMILES string of the molecule is C=C1OC(C)(C)C(=O)N1C(C)(C)C. The van der Waals surface area contributed by atoms with Crippen molar-refractivity contribution in [2.24, 2.45) is 0 Å². The van der Waals surface area contributed by atoms with Gasteiger partial charge in [-0.3, -0.25) is 9.69 Å². The maximum absolute atomic E-state index is 11.8. The molecular formula is C10H17NO2. The lowest BCUT2D eigenvalue weighted by atomic mass is 10.0. The number of nitrogens with zero attached hydrogens (tertiary/aromatic N) is 1. The predicted molar refractivity (Wildman–Crippen MR) is 50.9 cm³/mol. The molecule has 0 aromatic carbocycles. The number of hydrogen-bond donors (Lipinski definition) is 0. The fourth-order valence-electron chi connectivity index (χ4n) is 1.45. The standard InChI is InChI=1S/C10H17NO2/c1-7-11(9(2,3)4)8(12)10(5,6)13-7/h1H2,2-6H3. The molecular weight excluding hydrogens is 166 g/mol. The van der Waals surface area contributed by atoms with Crippen molar-refractivity contribution in [3.8, 4) is 0 Å². The molecule has 1 amide bonds. The molecule has 3 heteroatoms. The molecule has 13 heavy (non-hydrogen) atoms. The Bertz CT molecular complexity index is 261. The second-order valence-corrected chi connectivity index (χ2v) is 4.82. The number of carbonyl (C=O) groups is 1. The summed E-state index contributed by atoms with van der Waals surface area (Å²) in [6.45, 7) is 13.1. The molecule has 3 nitrogen and oxygen atoms in total. The largest absolute Gasteiger partial charge is 0.463 e. The van der Waals surface area contributed by atoms with Crippen molar-refractivity contribution < 1.29 is 9.53 Å². The van der Waals surface area contributed by atoms with E-state index in [-0.39, 0.29) is 11.4 Å². The average Bonchev–Trinajstić information content (AvgIpc) is 1.99. The van der Waals surface area contributed by atoms with Crippen molar-refractivity contribution in [3.05, 3.63) is 12.5 Å². The summed E-state index contributed by atoms with van der Waals surface area (Å²) in [5.41, 5.74) is -1.02. The Balaban J connectivity index is 3.03. The van der Waals surface area contributed by atoms with E-state index in [2.05, 4.69) is 6.58 Å². The molecule has 1 rings (SSSR count). The highest BCUT2D eigenvalue weighted by Crippen LogP contribution is 2.33. The molecule has 0 bridgehead atoms. The highest BCUT2D eigenvalue weighted by atomic mass is 16.5. The van der Waals surface area contributed by atoms with Gasteiger partial charge < -0.3 is 4.74 Å². The quantitative estimate of drug-likeness (QED) is 0.574. The van der Waals surface area contributed by atoms with Crippen molar-refractivity contribution in [3.63, 3.8) is 0 Å². The summed E-state index contributed by atoms with van der Waals surface area (Å²) in [5, 5.41) is 0. The maximum Gasteiger partial charge on any atom is 0.273 e. The van der Waals surface area contributed by atoms with Gasteiger partial charge in [0.1, 0.15) is 0 Å². The maximum atomic E-state index is 11.8. The molecule has 0 N–H and O–H groups in total. The molecule has 1 fully saturated rings. The Morgan fingerprint density at radius 2 is 1.85 bits per heavy atom. The summed E-state index contributed by atoms with van der Waals surface area (Å²) >= 11 is 0. The van der Waals surface area contributed by atoms with Crippen LogP contribution >= 0.6 is 0 Å². The predicted octanol–water partition coefficient (Wildman–Crippen LogP) is 1.89. The summed E-state index contributed by atoms with van der Waals surface area (Å²) in [5.74, 6) is 0.424. The van der Waals surface area contributed by atoms with E-state index in [9.17, 15) is 4.79 Å². The van der Waals surface area contributed by atoms with Gasteiger partial charge in [0.25, 0.3) is 5.91 Å². The zero-order valence-corrected chi connectivity index (χ0v) is 8.97. The van der Waals surface area contributed by atoms with Crippen LogP contribution in [0.3, 0.4) is 0 Å². The lowest BCUT2D eigenvalue weighted by Gasteiger charge is -2.30. The first kappa shape index (κ1) is 10.1. The molecule has 0 saturated carbocycles. The van der Waals surface area contributed by atoms with Crippen molar-refractivity contribution in [2.45, 2.75) is 45.8 Å². The number of amides is 1. The van der Waals surface area contributed by atoms with E-state index in [0.29, 0.717) is 5.88 Å². The molecule has 1 saturated heterocycles. The molecule has 0 unspecified atom stereocenters. The van der Waals surface area contributed by atoms with Crippen molar-refractivity contribution in [1.82, 2.24) is 4.90 Å². The van der Waals surface area contributed by atoms with Crippen LogP contribution in [-0.4, -0.2) is 21.9 Å². The Morgan fingerprint density at radius 3 is 2.00 bits per heavy atom. The Labute approximate surface area is 79.4 Å². The Kier molecular flexibility index (Phi) is 1.94. The number of hydrogen-bond acceptors (Lipinski definition) is 2. The molecule has 1 aliphatic rings. The topological polar surface area (TPSA) is 29.5 Å². The molecule has 74 valence electrons. The van der Waals surface area contributed by atoms with Crippen LogP contribution in [0.2, 0.25) is 0 Å². The zero-order valence-electron chi connectivity index (χ0n) is 8.97. The highest BCUT2D eigenvalue weighted by molar-refractivity contribution is 5.88. The number of carbonyl (C=O) groups excluding carboxylic acids is 1. The van der Waals surface area contributed by atoms with Gasteiger partial charge in [0, 0.05) is 5.54 Å². The average molecular weight is 183 g/mol. The summed E-state index contributed by atoms with van der Waals surface area (Å²) < 4.78 is 5.38. The molecule has 1 aliphatic heterocycles. The van der Waals surface area contributed by atoms with E-state index in [1.165, 1.54) is 0 Å². The van der Waals surface area contributed by atoms with Gasteiger partial charge in [-0.2, -0.15) is 0 Å². The molecule has 0 aliphatic carbocycles. The minimum absolute atomic E-state index is 0.0231. The van der Waals surface area contributed by atoms with Gasteiger partial charge in [-0.1, -0.05) is 0 Å². The summed E-state index contributed by atoms with van der Waals surface area (Å²) in [6.07, 6.45) is 0. The fraction of sp³-hybridized carbons (Fsp3) is 0.700. The molecule has 0 aromatic rings. The number of rotatable bonds is 0. The first-order valence-corrected chi connectivity index (χ1v) is 4.39. The zero-order chi connectivity index (χ0) is 10.4. The third-order valence-electron chi connectivity index (χ3n) is 2.01. The monoisotopic (exact) mass is 183 g/mol. The summed E-state index contributed by atoms with van der Waals surface area (Å²) in [7, 11) is 0. The van der Waals surface area contributed by atoms with Crippen LogP contribution in [0.25, 0.3) is 0 Å². The lowest BCUT2D eigenvalue weighted by molar-refractivity contribution is -0.137. The van der Waals surface area contributed by atoms with Crippen LogP contribution < -0.4 is 0 Å². The van der Waals surface area contributed by atoms with Crippen LogP contribution in [0.15, 0.2) is 12.5 Å². The van der Waals surface area contributed by atoms with Crippen molar-refractivity contribution in [2.75, 3.05) is 0 Å².